The average molecular weight is 189 g/mol. The Hall–Kier alpha value is -2.24. The predicted octanol–water partition coefficient (Wildman–Crippen LogP) is -0.974. The molecular formula is C8H5N4O2-. The van der Waals surface area contributed by atoms with Gasteiger partial charge in [0.15, 0.2) is 0 Å². The summed E-state index contributed by atoms with van der Waals surface area (Å²) in [5.41, 5.74) is 0.442. The second-order valence-electron chi connectivity index (χ2n) is 2.56. The quantitative estimate of drug-likeness (QED) is 0.606. The van der Waals surface area contributed by atoms with E-state index in [1.807, 2.05) is 0 Å². The van der Waals surface area contributed by atoms with Crippen molar-refractivity contribution < 1.29 is 9.90 Å². The van der Waals surface area contributed by atoms with Gasteiger partial charge in [0, 0.05) is 5.56 Å². The lowest BCUT2D eigenvalue weighted by atomic mass is 10.2. The lowest BCUT2D eigenvalue weighted by Crippen LogP contribution is -2.24. The van der Waals surface area contributed by atoms with Gasteiger partial charge in [0.05, 0.1) is 11.7 Å². The molecule has 0 aliphatic rings. The zero-order chi connectivity index (χ0) is 9.97. The third-order valence-corrected chi connectivity index (χ3v) is 1.72. The third-order valence-electron chi connectivity index (χ3n) is 1.72. The molecule has 70 valence electrons. The molecule has 2 aromatic rings. The molecule has 0 bridgehead atoms. The van der Waals surface area contributed by atoms with Gasteiger partial charge in [-0.3, -0.25) is 0 Å². The van der Waals surface area contributed by atoms with Crippen LogP contribution in [0.2, 0.25) is 0 Å². The van der Waals surface area contributed by atoms with Crippen LogP contribution in [0.5, 0.6) is 0 Å². The van der Waals surface area contributed by atoms with Gasteiger partial charge in [-0.15, -0.1) is 5.10 Å². The lowest BCUT2D eigenvalue weighted by Gasteiger charge is -2.07. The number of carboxylic acid groups (broad SMARTS) is 1. The minimum absolute atomic E-state index is 0.0554. The molecule has 0 radical (unpaired) electrons. The Morgan fingerprint density at radius 2 is 2.14 bits per heavy atom. The minimum Gasteiger partial charge on any atom is -0.545 e. The second-order valence-corrected chi connectivity index (χ2v) is 2.56. The van der Waals surface area contributed by atoms with Crippen molar-refractivity contribution in [3.63, 3.8) is 0 Å². The zero-order valence-electron chi connectivity index (χ0n) is 6.99. The molecule has 0 N–H and O–H groups in total. The fourth-order valence-electron chi connectivity index (χ4n) is 1.12. The van der Waals surface area contributed by atoms with Gasteiger partial charge in [0.25, 0.3) is 0 Å². The number of rotatable bonds is 2. The second kappa shape index (κ2) is 3.25. The monoisotopic (exact) mass is 189 g/mol. The van der Waals surface area contributed by atoms with E-state index in [1.54, 1.807) is 18.2 Å². The third kappa shape index (κ3) is 1.33. The number of aromatic nitrogens is 4. The fraction of sp³-hybridized carbons (Fsp3) is 0. The number of nitrogens with zero attached hydrogens (tertiary/aromatic N) is 4. The van der Waals surface area contributed by atoms with Crippen molar-refractivity contribution in [3.8, 4) is 5.69 Å². The van der Waals surface area contributed by atoms with Gasteiger partial charge in [-0.25, -0.2) is 0 Å². The summed E-state index contributed by atoms with van der Waals surface area (Å²) >= 11 is 0. The number of carbonyl (C=O) groups is 1. The number of benzene rings is 1. The predicted molar refractivity (Wildman–Crippen MR) is 43.5 cm³/mol. The van der Waals surface area contributed by atoms with E-state index >= 15 is 0 Å². The van der Waals surface area contributed by atoms with Crippen LogP contribution in [0.3, 0.4) is 0 Å². The van der Waals surface area contributed by atoms with Gasteiger partial charge in [-0.2, -0.15) is 4.68 Å². The molecule has 0 atom stereocenters. The van der Waals surface area contributed by atoms with Crippen molar-refractivity contribution in [2.45, 2.75) is 0 Å². The Balaban J connectivity index is 2.58. The van der Waals surface area contributed by atoms with Crippen LogP contribution in [0, 0.1) is 0 Å². The molecule has 2 rings (SSSR count). The summed E-state index contributed by atoms with van der Waals surface area (Å²) < 4.78 is 1.27. The normalized spacial score (nSPS) is 10.0. The maximum atomic E-state index is 10.7. The highest BCUT2D eigenvalue weighted by molar-refractivity contribution is 5.90. The highest BCUT2D eigenvalue weighted by Gasteiger charge is 2.04. The van der Waals surface area contributed by atoms with E-state index in [1.165, 1.54) is 17.1 Å². The zero-order valence-corrected chi connectivity index (χ0v) is 6.99. The van der Waals surface area contributed by atoms with Gasteiger partial charge < -0.3 is 9.90 Å². The maximum Gasteiger partial charge on any atom is 0.143 e. The summed E-state index contributed by atoms with van der Waals surface area (Å²) in [6.07, 6.45) is 1.32. The summed E-state index contributed by atoms with van der Waals surface area (Å²) in [6, 6.07) is 6.34. The number of hydrogen-bond acceptors (Lipinski definition) is 5. The highest BCUT2D eigenvalue weighted by atomic mass is 16.4. The maximum absolute atomic E-state index is 10.7. The SMILES string of the molecule is O=C([O-])c1ccccc1-n1cnnn1. The molecule has 0 aliphatic carbocycles. The first-order chi connectivity index (χ1) is 6.79. The first-order valence-corrected chi connectivity index (χ1v) is 3.83. The number of carboxylic acids is 1. The van der Waals surface area contributed by atoms with Crippen LogP contribution in [0.25, 0.3) is 5.69 Å². The summed E-state index contributed by atoms with van der Waals surface area (Å²) in [7, 11) is 0. The van der Waals surface area contributed by atoms with Crippen LogP contribution >= 0.6 is 0 Å². The van der Waals surface area contributed by atoms with Gasteiger partial charge in [-0.05, 0) is 16.5 Å². The number of carbonyl (C=O) groups excluding carboxylic acids is 1. The summed E-state index contributed by atoms with van der Waals surface area (Å²) in [5.74, 6) is -1.25. The molecule has 14 heavy (non-hydrogen) atoms. The van der Waals surface area contributed by atoms with E-state index in [-0.39, 0.29) is 5.56 Å². The van der Waals surface area contributed by atoms with Crippen molar-refractivity contribution in [2.24, 2.45) is 0 Å². The van der Waals surface area contributed by atoms with Gasteiger partial charge in [-0.1, -0.05) is 18.2 Å². The number of hydrogen-bond donors (Lipinski definition) is 0. The van der Waals surface area contributed by atoms with E-state index in [4.69, 9.17) is 0 Å². The van der Waals surface area contributed by atoms with Crippen molar-refractivity contribution >= 4 is 5.97 Å². The van der Waals surface area contributed by atoms with E-state index in [2.05, 4.69) is 15.5 Å². The van der Waals surface area contributed by atoms with Crippen LogP contribution < -0.4 is 5.11 Å². The van der Waals surface area contributed by atoms with Crippen molar-refractivity contribution in [1.82, 2.24) is 20.2 Å². The number of para-hydroxylation sites is 1. The smallest absolute Gasteiger partial charge is 0.143 e. The topological polar surface area (TPSA) is 83.7 Å². The minimum atomic E-state index is -1.25. The van der Waals surface area contributed by atoms with E-state index in [0.717, 1.165) is 0 Å². The molecule has 0 fully saturated rings. The molecule has 1 aromatic carbocycles. The standard InChI is InChI=1S/C8H6N4O2/c13-8(14)6-3-1-2-4-7(6)12-5-9-10-11-12/h1-5H,(H,13,14)/p-1. The number of tetrazole rings is 1. The van der Waals surface area contributed by atoms with Crippen LogP contribution in [0.15, 0.2) is 30.6 Å². The Morgan fingerprint density at radius 3 is 2.79 bits per heavy atom. The first-order valence-electron chi connectivity index (χ1n) is 3.83. The van der Waals surface area contributed by atoms with Crippen molar-refractivity contribution in [2.75, 3.05) is 0 Å². The molecule has 1 aromatic heterocycles. The first kappa shape index (κ1) is 8.36. The summed E-state index contributed by atoms with van der Waals surface area (Å²) in [6.45, 7) is 0. The molecule has 0 saturated carbocycles. The van der Waals surface area contributed by atoms with Crippen LogP contribution in [-0.2, 0) is 0 Å². The van der Waals surface area contributed by atoms with Crippen LogP contribution in [0.1, 0.15) is 10.4 Å². The van der Waals surface area contributed by atoms with E-state index < -0.39 is 5.97 Å². The van der Waals surface area contributed by atoms with Crippen molar-refractivity contribution in [3.05, 3.63) is 36.2 Å². The molecule has 6 nitrogen and oxygen atoms in total. The average Bonchev–Trinajstić information content (AvgIpc) is 2.70. The fourth-order valence-corrected chi connectivity index (χ4v) is 1.12. The Labute approximate surface area is 78.8 Å². The molecule has 0 saturated heterocycles. The molecule has 0 aliphatic heterocycles. The van der Waals surface area contributed by atoms with Gasteiger partial charge in [0.1, 0.15) is 6.33 Å². The van der Waals surface area contributed by atoms with Gasteiger partial charge in [0.2, 0.25) is 0 Å². The Kier molecular flexibility index (Phi) is 1.94. The van der Waals surface area contributed by atoms with Gasteiger partial charge >= 0.3 is 0 Å². The molecule has 0 unspecified atom stereocenters. The lowest BCUT2D eigenvalue weighted by molar-refractivity contribution is -0.255. The number of aromatic carboxylic acids is 1. The summed E-state index contributed by atoms with van der Waals surface area (Å²) in [5, 5.41) is 21.2. The molecule has 0 spiro atoms. The largest absolute Gasteiger partial charge is 0.545 e. The molecule has 1 heterocycles. The van der Waals surface area contributed by atoms with E-state index in [9.17, 15) is 9.90 Å². The molecule has 6 heteroatoms. The van der Waals surface area contributed by atoms with E-state index in [0.29, 0.717) is 5.69 Å². The summed E-state index contributed by atoms with van der Waals surface area (Å²) in [4.78, 5) is 10.7. The molecular weight excluding hydrogens is 184 g/mol. The van der Waals surface area contributed by atoms with Crippen LogP contribution in [0.4, 0.5) is 0 Å². The highest BCUT2D eigenvalue weighted by Crippen LogP contribution is 2.10. The molecule has 0 amide bonds. The van der Waals surface area contributed by atoms with Crippen molar-refractivity contribution in [1.29, 1.82) is 0 Å². The van der Waals surface area contributed by atoms with Crippen LogP contribution in [-0.4, -0.2) is 26.2 Å². The Morgan fingerprint density at radius 1 is 1.36 bits per heavy atom. The Bertz CT molecular complexity index is 452.